The molecule has 0 aliphatic heterocycles. The molecule has 0 fully saturated rings. The third-order valence-electron chi connectivity index (χ3n) is 3.84. The number of carbonyl (C=O) groups excluding carboxylic acids is 1. The molecule has 5 nitrogen and oxygen atoms in total. The van der Waals surface area contributed by atoms with Crippen molar-refractivity contribution in [3.8, 4) is 5.69 Å². The Kier molecular flexibility index (Phi) is 4.79. The fraction of sp³-hybridized carbons (Fsp3) is 0.158. The number of hydrogen-bond acceptors (Lipinski definition) is 3. The molecule has 0 spiro atoms. The number of nitrogens with zero attached hydrogens (tertiary/aromatic N) is 2. The Balaban J connectivity index is 1.74. The fourth-order valence-corrected chi connectivity index (χ4v) is 2.53. The minimum absolute atomic E-state index is 0.218. The highest BCUT2D eigenvalue weighted by Crippen LogP contribution is 2.19. The van der Waals surface area contributed by atoms with Gasteiger partial charge in [0.1, 0.15) is 11.6 Å². The summed E-state index contributed by atoms with van der Waals surface area (Å²) in [6.45, 7) is 4.11. The normalized spacial score (nSPS) is 11.2. The van der Waals surface area contributed by atoms with Crippen LogP contribution in [-0.2, 0) is 11.3 Å². The lowest BCUT2D eigenvalue weighted by atomic mass is 10.2. The van der Waals surface area contributed by atoms with E-state index >= 15 is 0 Å². The molecule has 0 aliphatic rings. The second-order valence-corrected chi connectivity index (χ2v) is 5.60. The molecule has 2 aromatic heterocycles. The first-order chi connectivity index (χ1) is 12.0. The molecule has 1 aromatic carbocycles. The van der Waals surface area contributed by atoms with Gasteiger partial charge in [0.2, 0.25) is 5.91 Å². The number of hydrogen-bond donors (Lipinski definition) is 1. The average molecular weight is 339 g/mol. The maximum atomic E-state index is 13.1. The summed E-state index contributed by atoms with van der Waals surface area (Å²) in [4.78, 5) is 11.9. The van der Waals surface area contributed by atoms with Crippen molar-refractivity contribution in [3.05, 3.63) is 77.3 Å². The van der Waals surface area contributed by atoms with Crippen molar-refractivity contribution in [3.63, 3.8) is 0 Å². The summed E-state index contributed by atoms with van der Waals surface area (Å²) < 4.78 is 20.0. The van der Waals surface area contributed by atoms with Gasteiger partial charge in [-0.05, 0) is 56.3 Å². The molecule has 0 bridgehead atoms. The van der Waals surface area contributed by atoms with Crippen LogP contribution in [0.1, 0.15) is 22.7 Å². The van der Waals surface area contributed by atoms with Crippen LogP contribution in [0.5, 0.6) is 0 Å². The van der Waals surface area contributed by atoms with Crippen LogP contribution < -0.4 is 5.32 Å². The monoisotopic (exact) mass is 339 g/mol. The summed E-state index contributed by atoms with van der Waals surface area (Å²) in [5.74, 6) is 0.182. The van der Waals surface area contributed by atoms with Gasteiger partial charge in [-0.25, -0.2) is 9.07 Å². The average Bonchev–Trinajstić information content (AvgIpc) is 3.21. The molecule has 25 heavy (non-hydrogen) atoms. The van der Waals surface area contributed by atoms with Crippen molar-refractivity contribution in [2.75, 3.05) is 0 Å². The van der Waals surface area contributed by atoms with Crippen molar-refractivity contribution in [1.29, 1.82) is 0 Å². The minimum Gasteiger partial charge on any atom is -0.467 e. The molecule has 128 valence electrons. The SMILES string of the molecule is Cc1nn(-c2ccc(F)cc2)c(C)c1/C=C/C(=O)NCc1ccco1. The van der Waals surface area contributed by atoms with Gasteiger partial charge in [0.05, 0.1) is 24.2 Å². The van der Waals surface area contributed by atoms with Crippen molar-refractivity contribution in [2.24, 2.45) is 0 Å². The Labute approximate surface area is 144 Å². The van der Waals surface area contributed by atoms with Crippen LogP contribution in [0.25, 0.3) is 11.8 Å². The zero-order chi connectivity index (χ0) is 17.8. The Morgan fingerprint density at radius 2 is 2.04 bits per heavy atom. The highest BCUT2D eigenvalue weighted by Gasteiger charge is 2.11. The molecule has 6 heteroatoms. The summed E-state index contributed by atoms with van der Waals surface area (Å²) >= 11 is 0. The molecule has 2 heterocycles. The zero-order valence-electron chi connectivity index (χ0n) is 14.0. The number of rotatable bonds is 5. The summed E-state index contributed by atoms with van der Waals surface area (Å²) in [6, 6.07) is 9.68. The van der Waals surface area contributed by atoms with Crippen LogP contribution in [-0.4, -0.2) is 15.7 Å². The summed E-state index contributed by atoms with van der Waals surface area (Å²) in [5.41, 5.74) is 3.29. The second-order valence-electron chi connectivity index (χ2n) is 5.60. The number of amides is 1. The molecule has 0 unspecified atom stereocenters. The third kappa shape index (κ3) is 3.85. The first-order valence-corrected chi connectivity index (χ1v) is 7.85. The molecule has 0 atom stereocenters. The molecule has 0 saturated carbocycles. The summed E-state index contributed by atoms with van der Waals surface area (Å²) in [5, 5.41) is 7.22. The quantitative estimate of drug-likeness (QED) is 0.723. The predicted molar refractivity (Wildman–Crippen MR) is 92.6 cm³/mol. The van der Waals surface area contributed by atoms with E-state index in [0.717, 1.165) is 22.6 Å². The molecule has 3 rings (SSSR count). The third-order valence-corrected chi connectivity index (χ3v) is 3.84. The maximum absolute atomic E-state index is 13.1. The zero-order valence-corrected chi connectivity index (χ0v) is 14.0. The largest absolute Gasteiger partial charge is 0.467 e. The topological polar surface area (TPSA) is 60.1 Å². The van der Waals surface area contributed by atoms with Gasteiger partial charge in [-0.15, -0.1) is 0 Å². The van der Waals surface area contributed by atoms with Gasteiger partial charge >= 0.3 is 0 Å². The molecule has 0 radical (unpaired) electrons. The van der Waals surface area contributed by atoms with Gasteiger partial charge in [0.15, 0.2) is 0 Å². The van der Waals surface area contributed by atoms with E-state index in [9.17, 15) is 9.18 Å². The van der Waals surface area contributed by atoms with E-state index in [1.165, 1.54) is 18.2 Å². The summed E-state index contributed by atoms with van der Waals surface area (Å²) in [7, 11) is 0. The Bertz CT molecular complexity index is 894. The Hall–Kier alpha value is -3.15. The lowest BCUT2D eigenvalue weighted by molar-refractivity contribution is -0.116. The fourth-order valence-electron chi connectivity index (χ4n) is 2.53. The van der Waals surface area contributed by atoms with E-state index in [2.05, 4.69) is 10.4 Å². The number of nitrogens with one attached hydrogen (secondary N) is 1. The lowest BCUT2D eigenvalue weighted by Gasteiger charge is -2.04. The first kappa shape index (κ1) is 16.7. The molecular formula is C19H18FN3O2. The van der Waals surface area contributed by atoms with Gasteiger partial charge in [0, 0.05) is 17.3 Å². The number of furan rings is 1. The van der Waals surface area contributed by atoms with Crippen LogP contribution in [0.15, 0.2) is 53.2 Å². The van der Waals surface area contributed by atoms with Crippen LogP contribution in [0, 0.1) is 19.7 Å². The van der Waals surface area contributed by atoms with Gasteiger partial charge < -0.3 is 9.73 Å². The summed E-state index contributed by atoms with van der Waals surface area (Å²) in [6.07, 6.45) is 4.76. The van der Waals surface area contributed by atoms with Crippen LogP contribution in [0.3, 0.4) is 0 Å². The van der Waals surface area contributed by atoms with E-state index in [1.54, 1.807) is 41.3 Å². The molecule has 3 aromatic rings. The van der Waals surface area contributed by atoms with Gasteiger partial charge in [0.25, 0.3) is 0 Å². The van der Waals surface area contributed by atoms with Gasteiger partial charge in [-0.1, -0.05) is 0 Å². The molecule has 0 saturated heterocycles. The van der Waals surface area contributed by atoms with Crippen LogP contribution >= 0.6 is 0 Å². The van der Waals surface area contributed by atoms with E-state index < -0.39 is 0 Å². The number of halogens is 1. The van der Waals surface area contributed by atoms with Crippen molar-refractivity contribution >= 4 is 12.0 Å². The smallest absolute Gasteiger partial charge is 0.244 e. The molecule has 1 N–H and O–H groups in total. The van der Waals surface area contributed by atoms with Gasteiger partial charge in [-0.2, -0.15) is 5.10 Å². The van der Waals surface area contributed by atoms with Crippen molar-refractivity contribution in [1.82, 2.24) is 15.1 Å². The van der Waals surface area contributed by atoms with E-state index in [4.69, 9.17) is 4.42 Å². The van der Waals surface area contributed by atoms with Crippen molar-refractivity contribution in [2.45, 2.75) is 20.4 Å². The maximum Gasteiger partial charge on any atom is 0.244 e. The number of carbonyl (C=O) groups is 1. The van der Waals surface area contributed by atoms with E-state index in [0.29, 0.717) is 12.3 Å². The van der Waals surface area contributed by atoms with E-state index in [-0.39, 0.29) is 11.7 Å². The Morgan fingerprint density at radius 3 is 2.72 bits per heavy atom. The number of benzene rings is 1. The first-order valence-electron chi connectivity index (χ1n) is 7.85. The van der Waals surface area contributed by atoms with Crippen molar-refractivity contribution < 1.29 is 13.6 Å². The lowest BCUT2D eigenvalue weighted by Crippen LogP contribution is -2.19. The highest BCUT2D eigenvalue weighted by molar-refractivity contribution is 5.91. The predicted octanol–water partition coefficient (Wildman–Crippen LogP) is 3.55. The minimum atomic E-state index is -0.293. The molecule has 0 aliphatic carbocycles. The highest BCUT2D eigenvalue weighted by atomic mass is 19.1. The molecular weight excluding hydrogens is 321 g/mol. The standard InChI is InChI=1S/C19H18FN3O2/c1-13-18(9-10-19(24)21-12-17-4-3-11-25-17)14(2)23(22-13)16-7-5-15(20)6-8-16/h3-11H,12H2,1-2H3,(H,21,24)/b10-9+. The number of aryl methyl sites for hydroxylation is 1. The van der Waals surface area contributed by atoms with Gasteiger partial charge in [-0.3, -0.25) is 4.79 Å². The molecule has 1 amide bonds. The van der Waals surface area contributed by atoms with E-state index in [1.807, 2.05) is 13.8 Å². The van der Waals surface area contributed by atoms with Crippen LogP contribution in [0.4, 0.5) is 4.39 Å². The Morgan fingerprint density at radius 1 is 1.28 bits per heavy atom. The second kappa shape index (κ2) is 7.17. The number of aromatic nitrogens is 2. The van der Waals surface area contributed by atoms with Crippen LogP contribution in [0.2, 0.25) is 0 Å².